The van der Waals surface area contributed by atoms with Crippen LogP contribution in [0.15, 0.2) is 70.5 Å². The van der Waals surface area contributed by atoms with Gasteiger partial charge >= 0.3 is 0 Å². The largest absolute Gasteiger partial charge is 0.438 e. The highest BCUT2D eigenvalue weighted by Gasteiger charge is 2.33. The van der Waals surface area contributed by atoms with Gasteiger partial charge in [0.15, 0.2) is 0 Å². The third-order valence-corrected chi connectivity index (χ3v) is 7.57. The van der Waals surface area contributed by atoms with Gasteiger partial charge in [-0.25, -0.2) is 0 Å². The van der Waals surface area contributed by atoms with E-state index in [0.717, 1.165) is 27.8 Å². The second-order valence-corrected chi connectivity index (χ2v) is 10.8. The van der Waals surface area contributed by atoms with Crippen molar-refractivity contribution in [1.29, 1.82) is 0 Å². The first-order valence-electron chi connectivity index (χ1n) is 11.8. The number of aryl methyl sites for hydroxylation is 4. The fraction of sp³-hybridized carbons (Fsp3) is 0.172. The Morgan fingerprint density at radius 2 is 1.70 bits per heavy atom. The van der Waals surface area contributed by atoms with Crippen LogP contribution in [0.3, 0.4) is 0 Å². The molecule has 186 valence electrons. The molecule has 0 unspecified atom stereocenters. The lowest BCUT2D eigenvalue weighted by Gasteiger charge is -2.15. The molecule has 0 N–H and O–H groups in total. The van der Waals surface area contributed by atoms with Gasteiger partial charge in [-0.05, 0) is 62.6 Å². The summed E-state index contributed by atoms with van der Waals surface area (Å²) < 4.78 is 8.13. The van der Waals surface area contributed by atoms with E-state index in [4.69, 9.17) is 21.9 Å². The van der Waals surface area contributed by atoms with Gasteiger partial charge in [0.1, 0.15) is 21.3 Å². The van der Waals surface area contributed by atoms with Gasteiger partial charge in [0.2, 0.25) is 5.88 Å². The molecule has 1 aliphatic heterocycles. The molecule has 0 saturated carbocycles. The first-order valence-corrected chi connectivity index (χ1v) is 13.0. The minimum atomic E-state index is -0.322. The van der Waals surface area contributed by atoms with Gasteiger partial charge in [0.05, 0.1) is 11.4 Å². The smallest absolute Gasteiger partial charge is 0.269 e. The number of thiocarbonyl (C=S) groups is 1. The van der Waals surface area contributed by atoms with E-state index in [9.17, 15) is 9.59 Å². The maximum Gasteiger partial charge on any atom is 0.269 e. The predicted molar refractivity (Wildman–Crippen MR) is 152 cm³/mol. The Bertz CT molecular complexity index is 1660. The third kappa shape index (κ3) is 4.95. The maximum absolute atomic E-state index is 13.6. The zero-order valence-corrected chi connectivity index (χ0v) is 22.6. The molecule has 0 atom stereocenters. The summed E-state index contributed by atoms with van der Waals surface area (Å²) in [5, 5.41) is 0. The number of aromatic nitrogens is 2. The minimum Gasteiger partial charge on any atom is -0.438 e. The SMILES string of the molecule is Cc1ccc(CN2C(=O)/C(=C\c3c(Oc4ccc(C)cc4C)nc4c(C)cccn4c3=O)SC2=S)cc1. The van der Waals surface area contributed by atoms with E-state index >= 15 is 0 Å². The van der Waals surface area contributed by atoms with Gasteiger partial charge in [0.25, 0.3) is 11.5 Å². The van der Waals surface area contributed by atoms with Crippen molar-refractivity contribution in [2.45, 2.75) is 34.2 Å². The molecule has 6 nitrogen and oxygen atoms in total. The van der Waals surface area contributed by atoms with Crippen molar-refractivity contribution in [3.8, 4) is 11.6 Å². The minimum absolute atomic E-state index is 0.148. The second kappa shape index (κ2) is 9.95. The summed E-state index contributed by atoms with van der Waals surface area (Å²) >= 11 is 6.70. The fourth-order valence-electron chi connectivity index (χ4n) is 4.15. The van der Waals surface area contributed by atoms with Gasteiger partial charge in [-0.15, -0.1) is 0 Å². The number of benzene rings is 2. The Hall–Kier alpha value is -3.75. The molecule has 0 radical (unpaired) electrons. The predicted octanol–water partition coefficient (Wildman–Crippen LogP) is 6.12. The van der Waals surface area contributed by atoms with Gasteiger partial charge in [-0.1, -0.05) is 77.6 Å². The lowest BCUT2D eigenvalue weighted by molar-refractivity contribution is -0.122. The number of ether oxygens (including phenoxy) is 1. The Morgan fingerprint density at radius 3 is 2.43 bits per heavy atom. The van der Waals surface area contributed by atoms with Crippen LogP contribution in [0, 0.1) is 27.7 Å². The van der Waals surface area contributed by atoms with E-state index in [1.807, 2.05) is 76.2 Å². The van der Waals surface area contributed by atoms with Crippen LogP contribution in [-0.4, -0.2) is 24.5 Å². The Balaban J connectivity index is 1.59. The molecule has 3 heterocycles. The highest BCUT2D eigenvalue weighted by Crippen LogP contribution is 2.35. The van der Waals surface area contributed by atoms with Gasteiger partial charge < -0.3 is 4.74 Å². The highest BCUT2D eigenvalue weighted by atomic mass is 32.2. The monoisotopic (exact) mass is 527 g/mol. The molecule has 1 fully saturated rings. The molecule has 0 bridgehead atoms. The summed E-state index contributed by atoms with van der Waals surface area (Å²) in [6.07, 6.45) is 3.22. The number of nitrogens with zero attached hydrogens (tertiary/aromatic N) is 3. The van der Waals surface area contributed by atoms with E-state index in [1.165, 1.54) is 16.2 Å². The van der Waals surface area contributed by atoms with E-state index < -0.39 is 0 Å². The third-order valence-electron chi connectivity index (χ3n) is 6.20. The summed E-state index contributed by atoms with van der Waals surface area (Å²) in [6.45, 7) is 8.21. The average Bonchev–Trinajstić information content (AvgIpc) is 3.12. The van der Waals surface area contributed by atoms with Crippen LogP contribution < -0.4 is 10.3 Å². The van der Waals surface area contributed by atoms with Crippen LogP contribution in [-0.2, 0) is 11.3 Å². The van der Waals surface area contributed by atoms with E-state index in [1.54, 1.807) is 23.2 Å². The molecule has 2 aromatic heterocycles. The molecule has 1 aliphatic rings. The van der Waals surface area contributed by atoms with Crippen LogP contribution in [0.1, 0.15) is 33.4 Å². The summed E-state index contributed by atoms with van der Waals surface area (Å²) in [7, 11) is 0. The summed E-state index contributed by atoms with van der Waals surface area (Å²) in [4.78, 5) is 33.6. The lowest BCUT2D eigenvalue weighted by atomic mass is 10.1. The molecule has 8 heteroatoms. The Morgan fingerprint density at radius 1 is 0.973 bits per heavy atom. The van der Waals surface area contributed by atoms with Crippen molar-refractivity contribution in [3.05, 3.63) is 109 Å². The first kappa shape index (κ1) is 24.9. The number of hydrogen-bond acceptors (Lipinski definition) is 6. The molecule has 2 aromatic carbocycles. The first-order chi connectivity index (χ1) is 17.7. The number of thioether (sulfide) groups is 1. The van der Waals surface area contributed by atoms with Crippen molar-refractivity contribution in [3.63, 3.8) is 0 Å². The number of carbonyl (C=O) groups excluding carboxylic acids is 1. The topological polar surface area (TPSA) is 63.9 Å². The molecule has 37 heavy (non-hydrogen) atoms. The molecule has 0 spiro atoms. The fourth-order valence-corrected chi connectivity index (χ4v) is 5.39. The maximum atomic E-state index is 13.6. The van der Waals surface area contributed by atoms with E-state index in [0.29, 0.717) is 27.2 Å². The summed E-state index contributed by atoms with van der Waals surface area (Å²) in [6, 6.07) is 17.5. The quantitative estimate of drug-likeness (QED) is 0.230. The molecule has 1 saturated heterocycles. The number of carbonyl (C=O) groups is 1. The number of hydrogen-bond donors (Lipinski definition) is 0. The Kier molecular flexibility index (Phi) is 6.70. The molecule has 0 aliphatic carbocycles. The Labute approximate surface area is 224 Å². The normalized spacial score (nSPS) is 14.7. The van der Waals surface area contributed by atoms with Crippen molar-refractivity contribution in [2.24, 2.45) is 0 Å². The van der Waals surface area contributed by atoms with Crippen LogP contribution in [0.5, 0.6) is 11.6 Å². The molecular formula is C29H25N3O3S2. The number of pyridine rings is 1. The van der Waals surface area contributed by atoms with Crippen LogP contribution in [0.25, 0.3) is 11.7 Å². The van der Waals surface area contributed by atoms with Gasteiger partial charge in [-0.3, -0.25) is 18.9 Å². The average molecular weight is 528 g/mol. The summed E-state index contributed by atoms with van der Waals surface area (Å²) in [5.41, 5.74) is 5.34. The van der Waals surface area contributed by atoms with Crippen LogP contribution in [0.2, 0.25) is 0 Å². The second-order valence-electron chi connectivity index (χ2n) is 9.15. The standard InChI is InChI=1S/C29H25N3O3S2/c1-17-7-10-21(11-8-17)16-32-28(34)24(37-29(32)36)15-22-26(35-23-12-9-18(2)14-20(23)4)30-25-19(3)6-5-13-31(25)27(22)33/h5-15H,16H2,1-4H3/b24-15+. The van der Waals surface area contributed by atoms with Crippen molar-refractivity contribution < 1.29 is 9.53 Å². The summed E-state index contributed by atoms with van der Waals surface area (Å²) in [5.74, 6) is 0.494. The molecule has 4 aromatic rings. The highest BCUT2D eigenvalue weighted by molar-refractivity contribution is 8.26. The van der Waals surface area contributed by atoms with Gasteiger partial charge in [0, 0.05) is 6.20 Å². The number of amides is 1. The molecule has 5 rings (SSSR count). The van der Waals surface area contributed by atoms with Gasteiger partial charge in [-0.2, -0.15) is 4.98 Å². The van der Waals surface area contributed by atoms with E-state index in [2.05, 4.69) is 0 Å². The van der Waals surface area contributed by atoms with Crippen molar-refractivity contribution in [1.82, 2.24) is 14.3 Å². The molecular weight excluding hydrogens is 502 g/mol. The van der Waals surface area contributed by atoms with Crippen molar-refractivity contribution in [2.75, 3.05) is 0 Å². The number of rotatable bonds is 5. The zero-order chi connectivity index (χ0) is 26.3. The lowest BCUT2D eigenvalue weighted by Crippen LogP contribution is -2.27. The van der Waals surface area contributed by atoms with Crippen molar-refractivity contribution >= 4 is 45.9 Å². The molecule has 1 amide bonds. The van der Waals surface area contributed by atoms with Crippen LogP contribution >= 0.6 is 24.0 Å². The zero-order valence-electron chi connectivity index (χ0n) is 20.9. The van der Waals surface area contributed by atoms with Crippen LogP contribution in [0.4, 0.5) is 0 Å². The number of fused-ring (bicyclic) bond motifs is 1. The van der Waals surface area contributed by atoms with E-state index in [-0.39, 0.29) is 22.9 Å².